The van der Waals surface area contributed by atoms with Gasteiger partial charge in [-0.15, -0.1) is 0 Å². The Labute approximate surface area is 159 Å². The summed E-state index contributed by atoms with van der Waals surface area (Å²) in [7, 11) is 0. The lowest BCUT2D eigenvalue weighted by molar-refractivity contribution is -0.121. The molecule has 28 heavy (non-hydrogen) atoms. The third kappa shape index (κ3) is 5.12. The second kappa shape index (κ2) is 9.07. The van der Waals surface area contributed by atoms with Gasteiger partial charge >= 0.3 is 6.61 Å². The van der Waals surface area contributed by atoms with E-state index in [9.17, 15) is 18.4 Å². The van der Waals surface area contributed by atoms with Crippen molar-refractivity contribution in [3.63, 3.8) is 0 Å². The molecule has 0 atom stereocenters. The topological polar surface area (TPSA) is 73.2 Å². The molecule has 0 aliphatic rings. The maximum atomic E-state index is 12.4. The van der Waals surface area contributed by atoms with Gasteiger partial charge in [-0.1, -0.05) is 24.3 Å². The highest BCUT2D eigenvalue weighted by Crippen LogP contribution is 2.15. The van der Waals surface area contributed by atoms with Crippen molar-refractivity contribution in [2.75, 3.05) is 6.54 Å². The van der Waals surface area contributed by atoms with Crippen molar-refractivity contribution < 1.29 is 18.3 Å². The first-order valence-electron chi connectivity index (χ1n) is 8.77. The van der Waals surface area contributed by atoms with Gasteiger partial charge in [0.15, 0.2) is 0 Å². The molecule has 0 radical (unpaired) electrons. The minimum Gasteiger partial charge on any atom is -0.435 e. The van der Waals surface area contributed by atoms with E-state index in [2.05, 4.69) is 15.0 Å². The molecule has 0 saturated heterocycles. The number of para-hydroxylation sites is 1. The van der Waals surface area contributed by atoms with Gasteiger partial charge in [0.1, 0.15) is 5.75 Å². The van der Waals surface area contributed by atoms with E-state index < -0.39 is 6.61 Å². The molecule has 0 aliphatic heterocycles. The largest absolute Gasteiger partial charge is 0.435 e. The number of alkyl halides is 2. The molecule has 0 aliphatic carbocycles. The Balaban J connectivity index is 1.46. The van der Waals surface area contributed by atoms with Gasteiger partial charge in [-0.25, -0.2) is 4.98 Å². The van der Waals surface area contributed by atoms with Gasteiger partial charge in [0.2, 0.25) is 5.91 Å². The van der Waals surface area contributed by atoms with E-state index >= 15 is 0 Å². The summed E-state index contributed by atoms with van der Waals surface area (Å²) >= 11 is 0. The molecule has 1 N–H and O–H groups in total. The van der Waals surface area contributed by atoms with Crippen LogP contribution in [-0.4, -0.2) is 28.6 Å². The fourth-order valence-electron chi connectivity index (χ4n) is 2.76. The van der Waals surface area contributed by atoms with Crippen LogP contribution in [0.15, 0.2) is 59.7 Å². The second-order valence-electron chi connectivity index (χ2n) is 6.13. The number of aryl methyl sites for hydroxylation is 1. The molecule has 0 fully saturated rings. The highest BCUT2D eigenvalue weighted by atomic mass is 19.3. The lowest BCUT2D eigenvalue weighted by Crippen LogP contribution is -2.29. The average Bonchev–Trinajstić information content (AvgIpc) is 2.69. The van der Waals surface area contributed by atoms with Crippen LogP contribution in [0.1, 0.15) is 12.0 Å². The first-order chi connectivity index (χ1) is 13.5. The maximum Gasteiger partial charge on any atom is 0.387 e. The van der Waals surface area contributed by atoms with Gasteiger partial charge in [0.05, 0.1) is 17.2 Å². The molecule has 1 amide bonds. The number of hydrogen-bond donors (Lipinski definition) is 1. The highest BCUT2D eigenvalue weighted by Gasteiger charge is 2.07. The van der Waals surface area contributed by atoms with Crippen molar-refractivity contribution in [3.8, 4) is 5.75 Å². The number of aromatic nitrogens is 2. The van der Waals surface area contributed by atoms with Gasteiger partial charge in [0, 0.05) is 19.5 Å². The fraction of sp³-hybridized carbons (Fsp3) is 0.250. The van der Waals surface area contributed by atoms with Crippen LogP contribution in [0.25, 0.3) is 10.9 Å². The Morgan fingerprint density at radius 1 is 1.14 bits per heavy atom. The Bertz CT molecular complexity index is 1000. The van der Waals surface area contributed by atoms with E-state index in [1.807, 2.05) is 6.07 Å². The van der Waals surface area contributed by atoms with E-state index in [1.165, 1.54) is 23.0 Å². The molecule has 0 saturated carbocycles. The van der Waals surface area contributed by atoms with Crippen LogP contribution in [0, 0.1) is 0 Å². The van der Waals surface area contributed by atoms with E-state index in [1.54, 1.807) is 30.3 Å². The summed E-state index contributed by atoms with van der Waals surface area (Å²) in [6.07, 6.45) is 2.15. The van der Waals surface area contributed by atoms with Gasteiger partial charge in [-0.3, -0.25) is 14.2 Å². The Morgan fingerprint density at radius 3 is 2.64 bits per heavy atom. The SMILES string of the molecule is O=C(CCn1cnc2ccccc2c1=O)NCCc1ccc(OC(F)F)cc1. The summed E-state index contributed by atoms with van der Waals surface area (Å²) in [6.45, 7) is -2.21. The molecule has 3 rings (SSSR count). The predicted molar refractivity (Wildman–Crippen MR) is 100 cm³/mol. The lowest BCUT2D eigenvalue weighted by atomic mass is 10.1. The zero-order chi connectivity index (χ0) is 19.9. The Kier molecular flexibility index (Phi) is 6.31. The van der Waals surface area contributed by atoms with E-state index in [0.717, 1.165) is 5.56 Å². The molecule has 0 spiro atoms. The molecule has 8 heteroatoms. The number of nitrogens with zero attached hydrogens (tertiary/aromatic N) is 2. The van der Waals surface area contributed by atoms with Crippen LogP contribution in [0.5, 0.6) is 5.75 Å². The predicted octanol–water partition coefficient (Wildman–Crippen LogP) is 2.75. The number of rotatable bonds is 8. The second-order valence-corrected chi connectivity index (χ2v) is 6.13. The molecule has 0 unspecified atom stereocenters. The van der Waals surface area contributed by atoms with Gasteiger partial charge in [-0.05, 0) is 36.2 Å². The molecule has 0 bridgehead atoms. The molecule has 1 heterocycles. The fourth-order valence-corrected chi connectivity index (χ4v) is 2.76. The molecular formula is C20H19F2N3O3. The number of nitrogens with one attached hydrogen (secondary N) is 1. The zero-order valence-electron chi connectivity index (χ0n) is 15.0. The van der Waals surface area contributed by atoms with Crippen LogP contribution in [0.2, 0.25) is 0 Å². The van der Waals surface area contributed by atoms with Gasteiger partial charge in [-0.2, -0.15) is 8.78 Å². The van der Waals surface area contributed by atoms with Crippen molar-refractivity contribution in [1.82, 2.24) is 14.9 Å². The van der Waals surface area contributed by atoms with Crippen LogP contribution in [0.4, 0.5) is 8.78 Å². The van der Waals surface area contributed by atoms with Crippen LogP contribution < -0.4 is 15.6 Å². The van der Waals surface area contributed by atoms with Crippen molar-refractivity contribution in [3.05, 3.63) is 70.8 Å². The Morgan fingerprint density at radius 2 is 1.89 bits per heavy atom. The van der Waals surface area contributed by atoms with Crippen LogP contribution >= 0.6 is 0 Å². The van der Waals surface area contributed by atoms with Crippen molar-refractivity contribution in [2.45, 2.75) is 26.0 Å². The number of hydrogen-bond acceptors (Lipinski definition) is 4. The lowest BCUT2D eigenvalue weighted by Gasteiger charge is -2.08. The first-order valence-corrected chi connectivity index (χ1v) is 8.77. The number of amides is 1. The molecule has 1 aromatic heterocycles. The number of fused-ring (bicyclic) bond motifs is 1. The number of halogens is 2. The van der Waals surface area contributed by atoms with Crippen molar-refractivity contribution >= 4 is 16.8 Å². The minimum absolute atomic E-state index is 0.0947. The van der Waals surface area contributed by atoms with E-state index in [4.69, 9.17) is 0 Å². The summed E-state index contributed by atoms with van der Waals surface area (Å²) in [5, 5.41) is 3.30. The first kappa shape index (κ1) is 19.5. The minimum atomic E-state index is -2.85. The number of ether oxygens (including phenoxy) is 1. The normalized spacial score (nSPS) is 11.0. The van der Waals surface area contributed by atoms with Gasteiger partial charge in [0.25, 0.3) is 5.56 Å². The molecular weight excluding hydrogens is 368 g/mol. The molecule has 3 aromatic rings. The Hall–Kier alpha value is -3.29. The standard InChI is InChI=1S/C20H19F2N3O3/c21-20(22)28-15-7-5-14(6-8-15)9-11-23-18(26)10-12-25-13-24-17-4-2-1-3-16(17)19(25)27/h1-8,13,20H,9-12H2,(H,23,26). The smallest absolute Gasteiger partial charge is 0.387 e. The summed E-state index contributed by atoms with van der Waals surface area (Å²) in [6, 6.07) is 13.3. The summed E-state index contributed by atoms with van der Waals surface area (Å²) < 4.78 is 29.9. The molecule has 2 aromatic carbocycles. The molecule has 6 nitrogen and oxygen atoms in total. The van der Waals surface area contributed by atoms with Crippen LogP contribution in [0.3, 0.4) is 0 Å². The van der Waals surface area contributed by atoms with Crippen molar-refractivity contribution in [2.24, 2.45) is 0 Å². The average molecular weight is 387 g/mol. The van der Waals surface area contributed by atoms with Crippen LogP contribution in [-0.2, 0) is 17.8 Å². The zero-order valence-corrected chi connectivity index (χ0v) is 15.0. The highest BCUT2D eigenvalue weighted by molar-refractivity contribution is 5.77. The quantitative estimate of drug-likeness (QED) is 0.645. The monoisotopic (exact) mass is 387 g/mol. The van der Waals surface area contributed by atoms with Crippen molar-refractivity contribution in [1.29, 1.82) is 0 Å². The summed E-state index contributed by atoms with van der Waals surface area (Å²) in [5.41, 5.74) is 1.33. The third-order valence-corrected chi connectivity index (χ3v) is 4.20. The number of benzene rings is 2. The summed E-state index contributed by atoms with van der Waals surface area (Å²) in [5.74, 6) is -0.0880. The number of carbonyl (C=O) groups excluding carboxylic acids is 1. The van der Waals surface area contributed by atoms with Gasteiger partial charge < -0.3 is 10.1 Å². The number of carbonyl (C=O) groups is 1. The molecule has 146 valence electrons. The maximum absolute atomic E-state index is 12.4. The summed E-state index contributed by atoms with van der Waals surface area (Å²) in [4.78, 5) is 28.6. The van der Waals surface area contributed by atoms with E-state index in [0.29, 0.717) is 23.9 Å². The third-order valence-electron chi connectivity index (χ3n) is 4.20. The van der Waals surface area contributed by atoms with E-state index in [-0.39, 0.29) is 30.2 Å².